The van der Waals surface area contributed by atoms with E-state index in [1.165, 1.54) is 0 Å². The van der Waals surface area contributed by atoms with Crippen molar-refractivity contribution in [3.8, 4) is 17.0 Å². The van der Waals surface area contributed by atoms with Crippen molar-refractivity contribution in [1.29, 1.82) is 0 Å². The van der Waals surface area contributed by atoms with Crippen LogP contribution in [0.5, 0.6) is 5.75 Å². The number of aromatic amines is 1. The van der Waals surface area contributed by atoms with Crippen LogP contribution in [0.25, 0.3) is 11.3 Å². The fourth-order valence-electron chi connectivity index (χ4n) is 3.05. The van der Waals surface area contributed by atoms with Gasteiger partial charge < -0.3 is 25.1 Å². The molecule has 3 aromatic rings. The highest BCUT2D eigenvalue weighted by Gasteiger charge is 2.26. The van der Waals surface area contributed by atoms with Gasteiger partial charge in [0.25, 0.3) is 0 Å². The number of hydrogen-bond acceptors (Lipinski definition) is 7. The third kappa shape index (κ3) is 3.81. The summed E-state index contributed by atoms with van der Waals surface area (Å²) in [7, 11) is 1.65. The number of halogens is 1. The maximum atomic E-state index is 6.00. The van der Waals surface area contributed by atoms with Crippen LogP contribution in [0.15, 0.2) is 36.5 Å². The summed E-state index contributed by atoms with van der Waals surface area (Å²) in [6.07, 6.45) is 1.58. The van der Waals surface area contributed by atoms with Crippen molar-refractivity contribution in [2.24, 2.45) is 0 Å². The molecule has 1 saturated heterocycles. The van der Waals surface area contributed by atoms with E-state index in [0.29, 0.717) is 30.7 Å². The van der Waals surface area contributed by atoms with Crippen LogP contribution >= 0.6 is 11.6 Å². The minimum atomic E-state index is -0.215. The fraction of sp³-hybridized carbons (Fsp3) is 0.278. The zero-order chi connectivity index (χ0) is 18.8. The van der Waals surface area contributed by atoms with Crippen molar-refractivity contribution in [3.63, 3.8) is 0 Å². The SMILES string of the molecule is COc1cccc(-c2cnc(C3CN(c4cc(Cl)nc(N)n4)CCO3)[nH]2)c1. The highest BCUT2D eigenvalue weighted by molar-refractivity contribution is 6.29. The number of aromatic nitrogens is 4. The molecule has 0 bridgehead atoms. The van der Waals surface area contributed by atoms with Gasteiger partial charge in [0.1, 0.15) is 28.6 Å². The van der Waals surface area contributed by atoms with Crippen molar-refractivity contribution >= 4 is 23.4 Å². The second-order valence-corrected chi connectivity index (χ2v) is 6.51. The van der Waals surface area contributed by atoms with E-state index in [1.54, 1.807) is 19.4 Å². The summed E-state index contributed by atoms with van der Waals surface area (Å²) in [6, 6.07) is 9.50. The molecule has 0 saturated carbocycles. The van der Waals surface area contributed by atoms with Crippen molar-refractivity contribution in [2.45, 2.75) is 6.10 Å². The number of anilines is 2. The molecule has 0 radical (unpaired) electrons. The van der Waals surface area contributed by atoms with Crippen LogP contribution in [0.3, 0.4) is 0 Å². The predicted octanol–water partition coefficient (Wildman–Crippen LogP) is 2.69. The molecule has 8 nitrogen and oxygen atoms in total. The molecular weight excluding hydrogens is 368 g/mol. The first-order chi connectivity index (χ1) is 13.1. The maximum Gasteiger partial charge on any atom is 0.223 e. The Morgan fingerprint density at radius 3 is 3.04 bits per heavy atom. The molecule has 2 aromatic heterocycles. The van der Waals surface area contributed by atoms with Crippen molar-refractivity contribution in [3.05, 3.63) is 47.5 Å². The van der Waals surface area contributed by atoms with Gasteiger partial charge in [-0.15, -0.1) is 0 Å². The van der Waals surface area contributed by atoms with Gasteiger partial charge in [0.2, 0.25) is 5.95 Å². The molecule has 0 amide bonds. The number of imidazole rings is 1. The van der Waals surface area contributed by atoms with E-state index < -0.39 is 0 Å². The molecule has 140 valence electrons. The van der Waals surface area contributed by atoms with Crippen LogP contribution < -0.4 is 15.4 Å². The van der Waals surface area contributed by atoms with Gasteiger partial charge >= 0.3 is 0 Å². The lowest BCUT2D eigenvalue weighted by Crippen LogP contribution is -2.39. The first kappa shape index (κ1) is 17.6. The van der Waals surface area contributed by atoms with E-state index >= 15 is 0 Å². The number of morpholine rings is 1. The number of nitrogens with one attached hydrogen (secondary N) is 1. The Morgan fingerprint density at radius 1 is 1.33 bits per heavy atom. The minimum Gasteiger partial charge on any atom is -0.497 e. The van der Waals surface area contributed by atoms with E-state index in [4.69, 9.17) is 26.8 Å². The van der Waals surface area contributed by atoms with Gasteiger partial charge in [-0.1, -0.05) is 23.7 Å². The summed E-state index contributed by atoms with van der Waals surface area (Å²) in [5.41, 5.74) is 7.61. The van der Waals surface area contributed by atoms with E-state index in [-0.39, 0.29) is 12.1 Å². The highest BCUT2D eigenvalue weighted by atomic mass is 35.5. The Kier molecular flexibility index (Phi) is 4.83. The maximum absolute atomic E-state index is 6.00. The predicted molar refractivity (Wildman–Crippen MR) is 103 cm³/mol. The summed E-state index contributed by atoms with van der Waals surface area (Å²) in [6.45, 7) is 1.81. The molecule has 0 spiro atoms. The molecule has 3 N–H and O–H groups in total. The van der Waals surface area contributed by atoms with E-state index in [0.717, 1.165) is 22.8 Å². The summed E-state index contributed by atoms with van der Waals surface area (Å²) in [4.78, 5) is 18.1. The summed E-state index contributed by atoms with van der Waals surface area (Å²) >= 11 is 6.00. The third-order valence-electron chi connectivity index (χ3n) is 4.37. The number of methoxy groups -OCH3 is 1. The number of ether oxygens (including phenoxy) is 2. The van der Waals surface area contributed by atoms with Crippen LogP contribution in [0.1, 0.15) is 11.9 Å². The number of hydrogen-bond donors (Lipinski definition) is 2. The molecule has 1 fully saturated rings. The molecule has 9 heteroatoms. The van der Waals surface area contributed by atoms with Crippen molar-refractivity contribution < 1.29 is 9.47 Å². The van der Waals surface area contributed by atoms with Crippen molar-refractivity contribution in [1.82, 2.24) is 19.9 Å². The topological polar surface area (TPSA) is 102 Å². The standard InChI is InChI=1S/C18H19ClN6O2/c1-26-12-4-2-3-11(7-12)13-9-21-17(22-13)14-10-25(5-6-27-14)16-8-15(19)23-18(20)24-16/h2-4,7-9,14H,5-6,10H2,1H3,(H,21,22)(H2,20,23,24). The lowest BCUT2D eigenvalue weighted by Gasteiger charge is -2.32. The molecule has 0 aliphatic carbocycles. The second-order valence-electron chi connectivity index (χ2n) is 6.13. The van der Waals surface area contributed by atoms with E-state index in [1.807, 2.05) is 24.3 Å². The Balaban J connectivity index is 1.54. The van der Waals surface area contributed by atoms with Gasteiger partial charge in [0.05, 0.1) is 32.2 Å². The molecule has 1 aliphatic heterocycles. The van der Waals surface area contributed by atoms with Gasteiger partial charge in [-0.2, -0.15) is 4.98 Å². The van der Waals surface area contributed by atoms with Crippen LogP contribution in [0, 0.1) is 0 Å². The number of nitrogens with two attached hydrogens (primary N) is 1. The van der Waals surface area contributed by atoms with E-state index in [9.17, 15) is 0 Å². The number of nitrogens with zero attached hydrogens (tertiary/aromatic N) is 4. The average Bonchev–Trinajstić information content (AvgIpc) is 3.18. The number of benzene rings is 1. The quantitative estimate of drug-likeness (QED) is 0.664. The largest absolute Gasteiger partial charge is 0.497 e. The molecule has 1 atom stereocenters. The van der Waals surface area contributed by atoms with E-state index in [2.05, 4.69) is 24.8 Å². The Labute approximate surface area is 161 Å². The number of nitrogen functional groups attached to an aromatic ring is 1. The van der Waals surface area contributed by atoms with Crippen LogP contribution in [-0.4, -0.2) is 46.7 Å². The molecular formula is C18H19ClN6O2. The number of rotatable bonds is 4. The normalized spacial score (nSPS) is 17.1. The Hall–Kier alpha value is -2.84. The van der Waals surface area contributed by atoms with Gasteiger partial charge in [-0.05, 0) is 12.1 Å². The zero-order valence-corrected chi connectivity index (χ0v) is 15.5. The third-order valence-corrected chi connectivity index (χ3v) is 4.56. The minimum absolute atomic E-state index is 0.152. The highest BCUT2D eigenvalue weighted by Crippen LogP contribution is 2.28. The summed E-state index contributed by atoms with van der Waals surface area (Å²) in [5, 5.41) is 0.318. The second kappa shape index (κ2) is 7.42. The Bertz CT molecular complexity index is 927. The lowest BCUT2D eigenvalue weighted by molar-refractivity contribution is 0.0343. The average molecular weight is 387 g/mol. The monoisotopic (exact) mass is 386 g/mol. The molecule has 3 heterocycles. The number of H-pyrrole nitrogens is 1. The molecule has 4 rings (SSSR count). The molecule has 1 unspecified atom stereocenters. The van der Waals surface area contributed by atoms with Gasteiger partial charge in [0.15, 0.2) is 0 Å². The fourth-order valence-corrected chi connectivity index (χ4v) is 3.23. The summed E-state index contributed by atoms with van der Waals surface area (Å²) < 4.78 is 11.2. The Morgan fingerprint density at radius 2 is 2.22 bits per heavy atom. The molecule has 27 heavy (non-hydrogen) atoms. The first-order valence-electron chi connectivity index (χ1n) is 8.48. The van der Waals surface area contributed by atoms with Crippen LogP contribution in [0.4, 0.5) is 11.8 Å². The lowest BCUT2D eigenvalue weighted by atomic mass is 10.1. The van der Waals surface area contributed by atoms with Gasteiger partial charge in [-0.3, -0.25) is 0 Å². The molecule has 1 aliphatic rings. The first-order valence-corrected chi connectivity index (χ1v) is 8.86. The zero-order valence-electron chi connectivity index (χ0n) is 14.7. The summed E-state index contributed by atoms with van der Waals surface area (Å²) in [5.74, 6) is 2.38. The van der Waals surface area contributed by atoms with Crippen LogP contribution in [-0.2, 0) is 4.74 Å². The smallest absolute Gasteiger partial charge is 0.223 e. The van der Waals surface area contributed by atoms with Gasteiger partial charge in [0, 0.05) is 18.2 Å². The molecule has 1 aromatic carbocycles. The van der Waals surface area contributed by atoms with Crippen molar-refractivity contribution in [2.75, 3.05) is 37.4 Å². The van der Waals surface area contributed by atoms with Gasteiger partial charge in [-0.25, -0.2) is 9.97 Å². The van der Waals surface area contributed by atoms with Crippen LogP contribution in [0.2, 0.25) is 5.15 Å².